The van der Waals surface area contributed by atoms with Crippen LogP contribution in [0.25, 0.3) is 0 Å². The highest BCUT2D eigenvalue weighted by atomic mass is 35.5. The highest BCUT2D eigenvalue weighted by Crippen LogP contribution is 2.13. The minimum atomic E-state index is -0.442. The van der Waals surface area contributed by atoms with Gasteiger partial charge in [0.2, 0.25) is 0 Å². The Kier molecular flexibility index (Phi) is 7.43. The third-order valence-electron chi connectivity index (χ3n) is 3.39. The second kappa shape index (κ2) is 9.07. The van der Waals surface area contributed by atoms with Gasteiger partial charge in [0.1, 0.15) is 6.04 Å². The zero-order valence-electron chi connectivity index (χ0n) is 12.8. The SMILES string of the molecule is COC(=O)N[NH2+]C(C)c1ccc(Cc2ccccc2)cc1.[Cl-]. The van der Waals surface area contributed by atoms with Gasteiger partial charge in [-0.3, -0.25) is 0 Å². The summed E-state index contributed by atoms with van der Waals surface area (Å²) in [6.45, 7) is 2.03. The number of quaternary nitrogens is 1. The van der Waals surface area contributed by atoms with Crippen molar-refractivity contribution in [2.75, 3.05) is 7.11 Å². The van der Waals surface area contributed by atoms with Crippen LogP contribution in [-0.2, 0) is 11.2 Å². The summed E-state index contributed by atoms with van der Waals surface area (Å²) in [5, 5.41) is 0. The van der Waals surface area contributed by atoms with E-state index in [2.05, 4.69) is 58.7 Å². The molecular formula is C17H21ClN2O2. The first-order valence-electron chi connectivity index (χ1n) is 6.99. The van der Waals surface area contributed by atoms with Gasteiger partial charge < -0.3 is 17.1 Å². The van der Waals surface area contributed by atoms with Crippen LogP contribution in [-0.4, -0.2) is 13.2 Å². The van der Waals surface area contributed by atoms with Crippen LogP contribution in [0.15, 0.2) is 54.6 Å². The summed E-state index contributed by atoms with van der Waals surface area (Å²) >= 11 is 0. The Hall–Kier alpha value is -2.04. The van der Waals surface area contributed by atoms with Crippen LogP contribution in [0.4, 0.5) is 4.79 Å². The van der Waals surface area contributed by atoms with E-state index in [1.165, 1.54) is 18.2 Å². The van der Waals surface area contributed by atoms with E-state index in [9.17, 15) is 4.79 Å². The molecule has 0 aromatic heterocycles. The molecule has 0 radical (unpaired) electrons. The average Bonchev–Trinajstić information content (AvgIpc) is 2.54. The smallest absolute Gasteiger partial charge is 0.451 e. The van der Waals surface area contributed by atoms with Crippen LogP contribution in [0, 0.1) is 0 Å². The lowest BCUT2D eigenvalue weighted by Crippen LogP contribution is -3.00. The summed E-state index contributed by atoms with van der Waals surface area (Å²) < 4.78 is 4.54. The zero-order valence-corrected chi connectivity index (χ0v) is 13.5. The molecule has 0 saturated heterocycles. The molecular weight excluding hydrogens is 300 g/mol. The van der Waals surface area contributed by atoms with Crippen molar-refractivity contribution < 1.29 is 27.4 Å². The van der Waals surface area contributed by atoms with Crippen molar-refractivity contribution in [1.82, 2.24) is 5.43 Å². The van der Waals surface area contributed by atoms with E-state index in [1.54, 1.807) is 5.43 Å². The zero-order chi connectivity index (χ0) is 15.1. The molecule has 3 N–H and O–H groups in total. The number of halogens is 1. The Balaban J connectivity index is 0.00000242. The van der Waals surface area contributed by atoms with E-state index in [0.29, 0.717) is 0 Å². The lowest BCUT2D eigenvalue weighted by molar-refractivity contribution is -0.734. The maximum absolute atomic E-state index is 11.0. The van der Waals surface area contributed by atoms with Gasteiger partial charge >= 0.3 is 6.09 Å². The third-order valence-corrected chi connectivity index (χ3v) is 3.39. The van der Waals surface area contributed by atoms with Crippen LogP contribution in [0.2, 0.25) is 0 Å². The number of nitrogens with one attached hydrogen (secondary N) is 1. The molecule has 2 rings (SSSR count). The Labute approximate surface area is 137 Å². The lowest BCUT2D eigenvalue weighted by Gasteiger charge is -2.11. The Morgan fingerprint density at radius 2 is 1.68 bits per heavy atom. The summed E-state index contributed by atoms with van der Waals surface area (Å²) in [6.07, 6.45) is 0.488. The number of ether oxygens (including phenoxy) is 1. The summed E-state index contributed by atoms with van der Waals surface area (Å²) in [5.41, 5.74) is 8.07. The largest absolute Gasteiger partial charge is 1.00 e. The Bertz CT molecular complexity index is 573. The van der Waals surface area contributed by atoms with E-state index in [-0.39, 0.29) is 18.4 Å². The number of hydrogen-bond donors (Lipinski definition) is 2. The van der Waals surface area contributed by atoms with E-state index in [1.807, 2.05) is 13.0 Å². The minimum absolute atomic E-state index is 0. The molecule has 0 bridgehead atoms. The number of nitrogens with two attached hydrogens (primary N) is 1. The molecule has 0 aliphatic heterocycles. The van der Waals surface area contributed by atoms with E-state index >= 15 is 0 Å². The van der Waals surface area contributed by atoms with Crippen molar-refractivity contribution in [3.05, 3.63) is 71.3 Å². The second-order valence-corrected chi connectivity index (χ2v) is 5.00. The topological polar surface area (TPSA) is 54.9 Å². The van der Waals surface area contributed by atoms with Gasteiger partial charge in [-0.25, -0.2) is 10.2 Å². The van der Waals surface area contributed by atoms with Crippen LogP contribution >= 0.6 is 0 Å². The number of amides is 1. The molecule has 5 heteroatoms. The summed E-state index contributed by atoms with van der Waals surface area (Å²) in [4.78, 5) is 11.0. The predicted octanol–water partition coefficient (Wildman–Crippen LogP) is -0.823. The first-order valence-corrected chi connectivity index (χ1v) is 6.99. The number of carbonyl (C=O) groups is 1. The standard InChI is InChI=1S/C17H20N2O2.ClH/c1-13(18-19-17(20)21-2)16-10-8-15(9-11-16)12-14-6-4-3-5-7-14;/h3-11,13,18H,12H2,1-2H3,(H,19,20);1H. The van der Waals surface area contributed by atoms with Crippen LogP contribution in [0.5, 0.6) is 0 Å². The van der Waals surface area contributed by atoms with E-state index in [4.69, 9.17) is 0 Å². The maximum Gasteiger partial charge on any atom is 0.451 e. The molecule has 1 amide bonds. The van der Waals surface area contributed by atoms with E-state index < -0.39 is 6.09 Å². The van der Waals surface area contributed by atoms with Gasteiger partial charge in [-0.1, -0.05) is 54.6 Å². The molecule has 22 heavy (non-hydrogen) atoms. The number of methoxy groups -OCH3 is 1. The van der Waals surface area contributed by atoms with Crippen molar-refractivity contribution in [2.24, 2.45) is 0 Å². The van der Waals surface area contributed by atoms with Gasteiger partial charge in [0.05, 0.1) is 7.11 Å². The molecule has 0 spiro atoms. The molecule has 2 aromatic carbocycles. The third kappa shape index (κ3) is 5.39. The predicted molar refractivity (Wildman–Crippen MR) is 81.6 cm³/mol. The van der Waals surface area contributed by atoms with Gasteiger partial charge in [0.25, 0.3) is 0 Å². The number of benzene rings is 2. The Morgan fingerprint density at radius 3 is 2.27 bits per heavy atom. The van der Waals surface area contributed by atoms with Crippen molar-refractivity contribution in [1.29, 1.82) is 0 Å². The monoisotopic (exact) mass is 320 g/mol. The lowest BCUT2D eigenvalue weighted by atomic mass is 10.0. The second-order valence-electron chi connectivity index (χ2n) is 5.00. The fourth-order valence-corrected chi connectivity index (χ4v) is 2.12. The molecule has 0 saturated carbocycles. The molecule has 1 unspecified atom stereocenters. The van der Waals surface area contributed by atoms with Gasteiger partial charge in [0, 0.05) is 5.56 Å². The summed E-state index contributed by atoms with van der Waals surface area (Å²) in [6, 6.07) is 19.0. The van der Waals surface area contributed by atoms with Gasteiger partial charge in [-0.05, 0) is 24.5 Å². The van der Waals surface area contributed by atoms with Gasteiger partial charge in [-0.15, -0.1) is 0 Å². The molecule has 0 aliphatic rings. The van der Waals surface area contributed by atoms with Crippen molar-refractivity contribution in [2.45, 2.75) is 19.4 Å². The molecule has 1 atom stereocenters. The normalized spacial score (nSPS) is 11.2. The van der Waals surface area contributed by atoms with Gasteiger partial charge in [0.15, 0.2) is 0 Å². The number of rotatable bonds is 5. The summed E-state index contributed by atoms with van der Waals surface area (Å²) in [7, 11) is 1.35. The Morgan fingerprint density at radius 1 is 1.09 bits per heavy atom. The van der Waals surface area contributed by atoms with Crippen LogP contribution in [0.1, 0.15) is 29.7 Å². The van der Waals surface area contributed by atoms with Crippen LogP contribution < -0.4 is 23.3 Å². The maximum atomic E-state index is 11.0. The molecule has 0 aliphatic carbocycles. The number of carbonyl (C=O) groups excluding carboxylic acids is 1. The minimum Gasteiger partial charge on any atom is -1.00 e. The highest BCUT2D eigenvalue weighted by Gasteiger charge is 2.10. The summed E-state index contributed by atoms with van der Waals surface area (Å²) in [5.74, 6) is 0. The first kappa shape index (κ1) is 18.0. The fourth-order valence-electron chi connectivity index (χ4n) is 2.12. The quantitative estimate of drug-likeness (QED) is 0.429. The number of hydrogen-bond acceptors (Lipinski definition) is 2. The van der Waals surface area contributed by atoms with E-state index in [0.717, 1.165) is 12.0 Å². The average molecular weight is 321 g/mol. The molecule has 4 nitrogen and oxygen atoms in total. The molecule has 0 heterocycles. The molecule has 2 aromatic rings. The first-order chi connectivity index (χ1) is 10.2. The fraction of sp³-hybridized carbons (Fsp3) is 0.235. The van der Waals surface area contributed by atoms with Crippen molar-refractivity contribution >= 4 is 6.09 Å². The van der Waals surface area contributed by atoms with Gasteiger partial charge in [-0.2, -0.15) is 5.43 Å². The highest BCUT2D eigenvalue weighted by molar-refractivity contribution is 5.65. The molecule has 0 fully saturated rings. The van der Waals surface area contributed by atoms with Crippen molar-refractivity contribution in [3.8, 4) is 0 Å². The van der Waals surface area contributed by atoms with Crippen molar-refractivity contribution in [3.63, 3.8) is 0 Å². The molecule has 118 valence electrons. The van der Waals surface area contributed by atoms with Crippen LogP contribution in [0.3, 0.4) is 0 Å².